The van der Waals surface area contributed by atoms with Gasteiger partial charge in [-0.2, -0.15) is 14.9 Å². The molecule has 30 heavy (non-hydrogen) atoms. The van der Waals surface area contributed by atoms with Crippen molar-refractivity contribution in [1.29, 1.82) is 0 Å². The zero-order valence-corrected chi connectivity index (χ0v) is 17.3. The van der Waals surface area contributed by atoms with Crippen molar-refractivity contribution >= 4 is 41.6 Å². The molecular weight excluding hydrogens is 435 g/mol. The van der Waals surface area contributed by atoms with Crippen LogP contribution >= 0.6 is 23.2 Å². The van der Waals surface area contributed by atoms with Gasteiger partial charge in [0.15, 0.2) is 23.0 Å². The van der Waals surface area contributed by atoms with Crippen LogP contribution < -0.4 is 14.9 Å². The molecule has 156 valence electrons. The van der Waals surface area contributed by atoms with E-state index in [1.165, 1.54) is 49.8 Å². The number of hydrogen-bond acceptors (Lipinski definition) is 9. The Morgan fingerprint density at radius 3 is 2.10 bits per heavy atom. The van der Waals surface area contributed by atoms with E-state index < -0.39 is 0 Å². The van der Waals surface area contributed by atoms with Crippen molar-refractivity contribution in [1.82, 2.24) is 14.9 Å². The molecule has 3 N–H and O–H groups in total. The lowest BCUT2D eigenvalue weighted by Crippen LogP contribution is -1.99. The van der Waals surface area contributed by atoms with Crippen LogP contribution in [0.1, 0.15) is 11.1 Å². The Morgan fingerprint density at radius 1 is 0.967 bits per heavy atom. The lowest BCUT2D eigenvalue weighted by Gasteiger charge is -2.06. The van der Waals surface area contributed by atoms with Crippen molar-refractivity contribution in [2.45, 2.75) is 0 Å². The number of aromatic hydroxyl groups is 2. The fourth-order valence-corrected chi connectivity index (χ4v) is 2.77. The molecular formula is C18H16Cl2N6O4. The standard InChI is InChI=1S/C18H16Cl2N6O4/c1-29-14-5-10(3-12(19)16(14)27)7-21-24-18-25-22-9-26(18)23-8-11-4-13(20)17(28)15(6-11)30-2/h3-9,27-28H,1-2H3,(H,24,25). The first-order chi connectivity index (χ1) is 14.4. The van der Waals surface area contributed by atoms with E-state index in [0.29, 0.717) is 11.1 Å². The normalized spacial score (nSPS) is 11.3. The maximum Gasteiger partial charge on any atom is 0.265 e. The lowest BCUT2D eigenvalue weighted by atomic mass is 10.2. The topological polar surface area (TPSA) is 126 Å². The van der Waals surface area contributed by atoms with Gasteiger partial charge in [-0.05, 0) is 35.4 Å². The second-order valence-corrected chi connectivity index (χ2v) is 6.54. The molecule has 0 radical (unpaired) electrons. The highest BCUT2D eigenvalue weighted by molar-refractivity contribution is 6.32. The number of methoxy groups -OCH3 is 2. The summed E-state index contributed by atoms with van der Waals surface area (Å²) < 4.78 is 11.5. The number of hydrogen-bond donors (Lipinski definition) is 3. The molecule has 0 unspecified atom stereocenters. The fraction of sp³-hybridized carbons (Fsp3) is 0.111. The third kappa shape index (κ3) is 4.73. The zero-order valence-electron chi connectivity index (χ0n) is 15.7. The van der Waals surface area contributed by atoms with Crippen LogP contribution in [0.25, 0.3) is 0 Å². The second-order valence-electron chi connectivity index (χ2n) is 5.72. The maximum absolute atomic E-state index is 9.79. The number of phenols is 2. The summed E-state index contributed by atoms with van der Waals surface area (Å²) in [5.74, 6) is 0.377. The van der Waals surface area contributed by atoms with E-state index in [1.807, 2.05) is 0 Å². The third-order valence-corrected chi connectivity index (χ3v) is 4.36. The lowest BCUT2D eigenvalue weighted by molar-refractivity contribution is 0.373. The molecule has 0 fully saturated rings. The van der Waals surface area contributed by atoms with Crippen LogP contribution in [0, 0.1) is 0 Å². The number of nitrogens with one attached hydrogen (secondary N) is 1. The summed E-state index contributed by atoms with van der Waals surface area (Å²) in [6.07, 6.45) is 4.31. The van der Waals surface area contributed by atoms with E-state index >= 15 is 0 Å². The molecule has 0 aliphatic heterocycles. The summed E-state index contributed by atoms with van der Waals surface area (Å²) in [7, 11) is 2.84. The minimum Gasteiger partial charge on any atom is -0.503 e. The number of anilines is 1. The third-order valence-electron chi connectivity index (χ3n) is 3.78. The number of nitrogens with zero attached hydrogens (tertiary/aromatic N) is 5. The largest absolute Gasteiger partial charge is 0.503 e. The SMILES string of the molecule is COc1cc(C=NNc2nncn2N=Cc2cc(Cl)c(O)c(OC)c2)cc(Cl)c1O. The van der Waals surface area contributed by atoms with Gasteiger partial charge in [-0.15, -0.1) is 10.2 Å². The number of hydrazone groups is 1. The predicted molar refractivity (Wildman–Crippen MR) is 114 cm³/mol. The summed E-state index contributed by atoms with van der Waals surface area (Å²) in [4.78, 5) is 0. The van der Waals surface area contributed by atoms with Crippen molar-refractivity contribution in [3.63, 3.8) is 0 Å². The highest BCUT2D eigenvalue weighted by Crippen LogP contribution is 2.35. The van der Waals surface area contributed by atoms with Crippen molar-refractivity contribution in [2.24, 2.45) is 10.2 Å². The van der Waals surface area contributed by atoms with Crippen LogP contribution in [0.4, 0.5) is 5.95 Å². The molecule has 0 bridgehead atoms. The van der Waals surface area contributed by atoms with Crippen molar-refractivity contribution in [3.8, 4) is 23.0 Å². The van der Waals surface area contributed by atoms with Gasteiger partial charge in [0.25, 0.3) is 5.95 Å². The van der Waals surface area contributed by atoms with Gasteiger partial charge >= 0.3 is 0 Å². The molecule has 0 amide bonds. The van der Waals surface area contributed by atoms with E-state index in [9.17, 15) is 10.2 Å². The van der Waals surface area contributed by atoms with E-state index in [2.05, 4.69) is 25.8 Å². The smallest absolute Gasteiger partial charge is 0.265 e. The summed E-state index contributed by atoms with van der Waals surface area (Å²) in [5, 5.41) is 35.8. The number of ether oxygens (including phenoxy) is 2. The number of rotatable bonds is 7. The van der Waals surface area contributed by atoms with Gasteiger partial charge in [0, 0.05) is 0 Å². The zero-order chi connectivity index (χ0) is 21.7. The Morgan fingerprint density at radius 2 is 1.53 bits per heavy atom. The van der Waals surface area contributed by atoms with Crippen molar-refractivity contribution in [2.75, 3.05) is 19.6 Å². The first-order valence-corrected chi connectivity index (χ1v) is 9.05. The first kappa shape index (κ1) is 21.2. The van der Waals surface area contributed by atoms with Crippen LogP contribution in [0.2, 0.25) is 10.0 Å². The average molecular weight is 451 g/mol. The van der Waals surface area contributed by atoms with Crippen LogP contribution in [-0.4, -0.2) is 51.7 Å². The van der Waals surface area contributed by atoms with Gasteiger partial charge < -0.3 is 19.7 Å². The number of phenolic OH excluding ortho intramolecular Hbond substituents is 2. The number of aromatic nitrogens is 3. The van der Waals surface area contributed by atoms with Gasteiger partial charge in [0.2, 0.25) is 0 Å². The monoisotopic (exact) mass is 450 g/mol. The van der Waals surface area contributed by atoms with Crippen LogP contribution in [-0.2, 0) is 0 Å². The van der Waals surface area contributed by atoms with Crippen molar-refractivity contribution in [3.05, 3.63) is 51.8 Å². The van der Waals surface area contributed by atoms with Gasteiger partial charge in [-0.25, -0.2) is 5.43 Å². The highest BCUT2D eigenvalue weighted by atomic mass is 35.5. The molecule has 3 rings (SSSR count). The first-order valence-electron chi connectivity index (χ1n) is 8.29. The summed E-state index contributed by atoms with van der Waals surface area (Å²) in [6, 6.07) is 6.19. The Hall–Kier alpha value is -3.50. The summed E-state index contributed by atoms with van der Waals surface area (Å²) in [5.41, 5.74) is 3.87. The number of halogens is 2. The van der Waals surface area contributed by atoms with E-state index in [1.54, 1.807) is 12.1 Å². The van der Waals surface area contributed by atoms with Crippen molar-refractivity contribution < 1.29 is 19.7 Å². The summed E-state index contributed by atoms with van der Waals surface area (Å²) >= 11 is 11.9. The second kappa shape index (κ2) is 9.33. The predicted octanol–water partition coefficient (Wildman–Crippen LogP) is 3.34. The van der Waals surface area contributed by atoms with Crippen LogP contribution in [0.5, 0.6) is 23.0 Å². The Kier molecular flexibility index (Phi) is 6.60. The molecule has 3 aromatic rings. The van der Waals surface area contributed by atoms with Gasteiger partial charge in [0.1, 0.15) is 6.33 Å². The molecule has 0 spiro atoms. The molecule has 1 heterocycles. The van der Waals surface area contributed by atoms with Gasteiger partial charge in [-0.3, -0.25) is 0 Å². The van der Waals surface area contributed by atoms with Crippen LogP contribution in [0.3, 0.4) is 0 Å². The minimum absolute atomic E-state index is 0.130. The van der Waals surface area contributed by atoms with Gasteiger partial charge in [0.05, 0.1) is 36.7 Å². The van der Waals surface area contributed by atoms with Crippen LogP contribution in [0.15, 0.2) is 40.8 Å². The Labute approximate surface area is 181 Å². The fourth-order valence-electron chi connectivity index (χ4n) is 2.33. The Balaban J connectivity index is 1.75. The summed E-state index contributed by atoms with van der Waals surface area (Å²) in [6.45, 7) is 0. The molecule has 0 saturated carbocycles. The molecule has 0 saturated heterocycles. The average Bonchev–Trinajstić information content (AvgIpc) is 3.18. The molecule has 0 atom stereocenters. The number of benzene rings is 2. The molecule has 10 nitrogen and oxygen atoms in total. The molecule has 1 aromatic heterocycles. The van der Waals surface area contributed by atoms with E-state index in [4.69, 9.17) is 32.7 Å². The highest BCUT2D eigenvalue weighted by Gasteiger charge is 2.09. The molecule has 0 aliphatic rings. The maximum atomic E-state index is 9.79. The quantitative estimate of drug-likeness (QED) is 0.372. The van der Waals surface area contributed by atoms with Gasteiger partial charge in [-0.1, -0.05) is 23.2 Å². The molecule has 0 aliphatic carbocycles. The van der Waals surface area contributed by atoms with E-state index in [0.717, 1.165) is 0 Å². The Bertz CT molecular complexity index is 1120. The minimum atomic E-state index is -0.150. The van der Waals surface area contributed by atoms with E-state index in [-0.39, 0.29) is 39.0 Å². The molecule has 12 heteroatoms. The molecule has 2 aromatic carbocycles.